The van der Waals surface area contributed by atoms with Crippen LogP contribution in [0.2, 0.25) is 0 Å². The van der Waals surface area contributed by atoms with Crippen LogP contribution in [0.4, 0.5) is 0 Å². The molecule has 0 aromatic heterocycles. The molecule has 8 aromatic rings. The molecule has 52 heavy (non-hydrogen) atoms. The lowest BCUT2D eigenvalue weighted by Gasteiger charge is -2.21. The molecule has 0 unspecified atom stereocenters. The number of carbonyl (C=O) groups is 2. The largest absolute Gasteiger partial charge is 0.488 e. The summed E-state index contributed by atoms with van der Waals surface area (Å²) in [5, 5.41) is 7.52. The zero-order chi connectivity index (χ0) is 35.6. The first-order valence-electron chi connectivity index (χ1n) is 17.0. The molecule has 0 atom stereocenters. The Hall–Kier alpha value is -6.66. The molecule has 0 fully saturated rings. The second-order valence-corrected chi connectivity index (χ2v) is 12.5. The highest BCUT2D eigenvalue weighted by atomic mass is 16.5. The Bertz CT molecular complexity index is 2470. The van der Waals surface area contributed by atoms with E-state index in [4.69, 9.17) is 18.9 Å². The van der Waals surface area contributed by atoms with Crippen molar-refractivity contribution in [3.8, 4) is 22.6 Å². The van der Waals surface area contributed by atoms with E-state index in [9.17, 15) is 9.59 Å². The lowest BCUT2D eigenvalue weighted by Crippen LogP contribution is -2.10. The minimum atomic E-state index is -0.418. The molecule has 6 nitrogen and oxygen atoms in total. The van der Waals surface area contributed by atoms with E-state index in [1.807, 2.05) is 121 Å². The van der Waals surface area contributed by atoms with Crippen molar-refractivity contribution in [3.05, 3.63) is 168 Å². The predicted octanol–water partition coefficient (Wildman–Crippen LogP) is 10.7. The molecule has 6 heteroatoms. The summed E-state index contributed by atoms with van der Waals surface area (Å²) in [6.07, 6.45) is 0. The van der Waals surface area contributed by atoms with Crippen molar-refractivity contribution in [3.63, 3.8) is 0 Å². The van der Waals surface area contributed by atoms with Crippen LogP contribution in [0.15, 0.2) is 146 Å². The molecule has 8 aromatic carbocycles. The van der Waals surface area contributed by atoms with Gasteiger partial charge in [0.05, 0.1) is 25.3 Å². The van der Waals surface area contributed by atoms with Gasteiger partial charge in [-0.1, -0.05) is 133 Å². The third-order valence-electron chi connectivity index (χ3n) is 9.61. The Kier molecular flexibility index (Phi) is 8.71. The third-order valence-corrected chi connectivity index (χ3v) is 9.61. The van der Waals surface area contributed by atoms with Gasteiger partial charge >= 0.3 is 11.9 Å². The van der Waals surface area contributed by atoms with Gasteiger partial charge in [0.2, 0.25) is 0 Å². The fourth-order valence-corrected chi connectivity index (χ4v) is 7.13. The highest BCUT2D eigenvalue weighted by Crippen LogP contribution is 2.46. The van der Waals surface area contributed by atoms with E-state index in [1.54, 1.807) is 0 Å². The van der Waals surface area contributed by atoms with Gasteiger partial charge in [-0.15, -0.1) is 0 Å². The van der Waals surface area contributed by atoms with Gasteiger partial charge < -0.3 is 18.9 Å². The first kappa shape index (κ1) is 32.5. The smallest absolute Gasteiger partial charge is 0.338 e. The summed E-state index contributed by atoms with van der Waals surface area (Å²) in [4.78, 5) is 26.3. The van der Waals surface area contributed by atoms with Gasteiger partial charge in [-0.25, -0.2) is 9.59 Å². The Balaban J connectivity index is 1.27. The molecule has 0 bridgehead atoms. The normalized spacial score (nSPS) is 11.2. The van der Waals surface area contributed by atoms with Crippen LogP contribution >= 0.6 is 0 Å². The molecule has 254 valence electrons. The number of carbonyl (C=O) groups excluding carboxylic acids is 2. The van der Waals surface area contributed by atoms with Gasteiger partial charge in [0.15, 0.2) is 0 Å². The zero-order valence-corrected chi connectivity index (χ0v) is 28.7. The number of rotatable bonds is 9. The number of hydrogen-bond donors (Lipinski definition) is 0. The van der Waals surface area contributed by atoms with Crippen molar-refractivity contribution in [2.45, 2.75) is 13.2 Å². The molecule has 0 radical (unpaired) electrons. The Labute approximate surface area is 300 Å². The van der Waals surface area contributed by atoms with Crippen LogP contribution < -0.4 is 9.47 Å². The highest BCUT2D eigenvalue weighted by molar-refractivity contribution is 6.10. The van der Waals surface area contributed by atoms with E-state index in [0.29, 0.717) is 33.8 Å². The van der Waals surface area contributed by atoms with E-state index >= 15 is 0 Å². The Morgan fingerprint density at radius 3 is 1.12 bits per heavy atom. The number of fused-ring (bicyclic) bond motifs is 4. The molecule has 0 N–H and O–H groups in total. The average molecular weight is 683 g/mol. The molecule has 0 amide bonds. The van der Waals surface area contributed by atoms with Gasteiger partial charge in [0, 0.05) is 22.3 Å². The second-order valence-electron chi connectivity index (χ2n) is 12.5. The van der Waals surface area contributed by atoms with Gasteiger partial charge in [0.1, 0.15) is 24.7 Å². The van der Waals surface area contributed by atoms with E-state index in [1.165, 1.54) is 14.2 Å². The van der Waals surface area contributed by atoms with E-state index in [0.717, 1.165) is 54.2 Å². The van der Waals surface area contributed by atoms with Gasteiger partial charge in [-0.05, 0) is 55.2 Å². The minimum absolute atomic E-state index is 0.126. The van der Waals surface area contributed by atoms with E-state index in [2.05, 4.69) is 24.3 Å². The van der Waals surface area contributed by atoms with Crippen molar-refractivity contribution < 1.29 is 28.5 Å². The molecular weight excluding hydrogens is 648 g/mol. The van der Waals surface area contributed by atoms with Crippen LogP contribution in [-0.4, -0.2) is 26.2 Å². The van der Waals surface area contributed by atoms with E-state index < -0.39 is 11.9 Å². The molecule has 0 aliphatic heterocycles. The lowest BCUT2D eigenvalue weighted by atomic mass is 9.92. The number of hydrogen-bond acceptors (Lipinski definition) is 6. The maximum atomic E-state index is 13.1. The number of esters is 2. The SMILES string of the molecule is COC(=O)c1c(COc2ccc3ccccc3c2-c2c(OCc3ccc4ccccc4c3C(=O)OC)ccc3ccccc23)ccc2ccccc12. The summed E-state index contributed by atoms with van der Waals surface area (Å²) in [7, 11) is 2.79. The monoisotopic (exact) mass is 682 g/mol. The summed E-state index contributed by atoms with van der Waals surface area (Å²) in [5.41, 5.74) is 4.10. The van der Waals surface area contributed by atoms with Crippen molar-refractivity contribution in [2.24, 2.45) is 0 Å². The van der Waals surface area contributed by atoms with Crippen LogP contribution in [0.25, 0.3) is 54.2 Å². The first-order chi connectivity index (χ1) is 25.6. The van der Waals surface area contributed by atoms with Crippen molar-refractivity contribution in [1.29, 1.82) is 0 Å². The standard InChI is InChI=1S/C46H34O6/c1-49-45(47)41-33(21-19-29-11-3-7-15-35(29)41)27-51-39-25-23-31-13-5-9-17-37(31)43(39)44-38-18-10-6-14-32(38)24-26-40(44)52-28-34-22-20-30-12-4-8-16-36(30)42(34)46(48)50-2/h3-26H,27-28H2,1-2H3. The summed E-state index contributed by atoms with van der Waals surface area (Å²) >= 11 is 0. The van der Waals surface area contributed by atoms with Crippen molar-refractivity contribution in [2.75, 3.05) is 14.2 Å². The zero-order valence-electron chi connectivity index (χ0n) is 28.7. The fraction of sp³-hybridized carbons (Fsp3) is 0.0870. The van der Waals surface area contributed by atoms with Crippen LogP contribution in [0.5, 0.6) is 11.5 Å². The van der Waals surface area contributed by atoms with Crippen molar-refractivity contribution in [1.82, 2.24) is 0 Å². The average Bonchev–Trinajstić information content (AvgIpc) is 3.20. The Morgan fingerprint density at radius 1 is 0.404 bits per heavy atom. The van der Waals surface area contributed by atoms with Crippen molar-refractivity contribution >= 4 is 55.0 Å². The fourth-order valence-electron chi connectivity index (χ4n) is 7.13. The molecule has 0 spiro atoms. The minimum Gasteiger partial charge on any atom is -0.488 e. The molecule has 0 aliphatic rings. The molecule has 0 saturated heterocycles. The first-order valence-corrected chi connectivity index (χ1v) is 17.0. The van der Waals surface area contributed by atoms with E-state index in [-0.39, 0.29) is 13.2 Å². The topological polar surface area (TPSA) is 71.1 Å². The van der Waals surface area contributed by atoms with Crippen LogP contribution in [0.1, 0.15) is 31.8 Å². The van der Waals surface area contributed by atoms with Crippen LogP contribution in [-0.2, 0) is 22.7 Å². The third kappa shape index (κ3) is 5.84. The molecule has 0 heterocycles. The number of benzene rings is 8. The summed E-state index contributed by atoms with van der Waals surface area (Å²) in [6.45, 7) is 0.252. The van der Waals surface area contributed by atoms with Crippen LogP contribution in [0.3, 0.4) is 0 Å². The lowest BCUT2D eigenvalue weighted by molar-refractivity contribution is 0.0591. The van der Waals surface area contributed by atoms with Crippen LogP contribution in [0, 0.1) is 0 Å². The Morgan fingerprint density at radius 2 is 0.731 bits per heavy atom. The molecule has 8 rings (SSSR count). The molecular formula is C46H34O6. The maximum Gasteiger partial charge on any atom is 0.338 e. The molecule has 0 aliphatic carbocycles. The summed E-state index contributed by atoms with van der Waals surface area (Å²) < 4.78 is 23.9. The number of methoxy groups -OCH3 is 2. The quantitative estimate of drug-likeness (QED) is 0.141. The summed E-state index contributed by atoms with van der Waals surface area (Å²) in [6, 6.07) is 47.7. The second kappa shape index (κ2) is 13.9. The molecule has 0 saturated carbocycles. The summed E-state index contributed by atoms with van der Waals surface area (Å²) in [5.74, 6) is 0.424. The highest BCUT2D eigenvalue weighted by Gasteiger charge is 2.23. The number of ether oxygens (including phenoxy) is 4. The predicted molar refractivity (Wildman–Crippen MR) is 206 cm³/mol. The van der Waals surface area contributed by atoms with Gasteiger partial charge in [-0.2, -0.15) is 0 Å². The van der Waals surface area contributed by atoms with Gasteiger partial charge in [0.25, 0.3) is 0 Å². The maximum absolute atomic E-state index is 13.1. The van der Waals surface area contributed by atoms with Gasteiger partial charge in [-0.3, -0.25) is 0 Å².